The van der Waals surface area contributed by atoms with Gasteiger partial charge in [0.15, 0.2) is 0 Å². The van der Waals surface area contributed by atoms with E-state index in [9.17, 15) is 5.11 Å². The van der Waals surface area contributed by atoms with Gasteiger partial charge in [0.05, 0.1) is 4.47 Å². The minimum atomic E-state index is -0.0995. The van der Waals surface area contributed by atoms with Gasteiger partial charge in [0, 0.05) is 11.6 Å². The molecule has 86 valence electrons. The van der Waals surface area contributed by atoms with Crippen LogP contribution in [0.5, 0.6) is 5.75 Å². The summed E-state index contributed by atoms with van der Waals surface area (Å²) in [6.07, 6.45) is 1.01. The molecule has 0 spiro atoms. The van der Waals surface area contributed by atoms with Gasteiger partial charge in [-0.2, -0.15) is 0 Å². The number of phenols is 1. The fourth-order valence-electron chi connectivity index (χ4n) is 1.36. The number of halogens is 2. The van der Waals surface area contributed by atoms with Crippen LogP contribution >= 0.6 is 28.3 Å². The van der Waals surface area contributed by atoms with E-state index in [1.807, 2.05) is 18.2 Å². The van der Waals surface area contributed by atoms with Crippen LogP contribution in [0.2, 0.25) is 0 Å². The maximum absolute atomic E-state index is 9.79. The minimum absolute atomic E-state index is 0. The highest BCUT2D eigenvalue weighted by atomic mass is 79.9. The highest BCUT2D eigenvalue weighted by Crippen LogP contribution is 2.34. The second kappa shape index (κ2) is 6.36. The molecule has 0 aromatic heterocycles. The number of nitrogens with two attached hydrogens (primary N) is 1. The predicted molar refractivity (Wildman–Crippen MR) is 69.4 cm³/mol. The molecule has 0 saturated carbocycles. The molecule has 0 fully saturated rings. The van der Waals surface area contributed by atoms with Crippen LogP contribution in [0.1, 0.15) is 31.9 Å². The average Bonchev–Trinajstić information content (AvgIpc) is 2.20. The maximum atomic E-state index is 9.79. The SMILES string of the molecule is CCC(C)[C@H](N)c1cccc(Br)c1O.Cl. The molecule has 1 rings (SSSR count). The molecule has 2 nitrogen and oxygen atoms in total. The van der Waals surface area contributed by atoms with Gasteiger partial charge < -0.3 is 10.8 Å². The van der Waals surface area contributed by atoms with Crippen LogP contribution in [0, 0.1) is 5.92 Å². The van der Waals surface area contributed by atoms with Crippen molar-refractivity contribution in [1.82, 2.24) is 0 Å². The molecule has 1 unspecified atom stereocenters. The first-order valence-electron chi connectivity index (χ1n) is 4.80. The van der Waals surface area contributed by atoms with Gasteiger partial charge in [0.25, 0.3) is 0 Å². The number of hydrogen-bond acceptors (Lipinski definition) is 2. The van der Waals surface area contributed by atoms with Crippen LogP contribution in [0.3, 0.4) is 0 Å². The van der Waals surface area contributed by atoms with Crippen LogP contribution in [0.25, 0.3) is 0 Å². The fraction of sp³-hybridized carbons (Fsp3) is 0.455. The molecule has 0 aliphatic rings. The van der Waals surface area contributed by atoms with E-state index in [1.54, 1.807) is 0 Å². The maximum Gasteiger partial charge on any atom is 0.134 e. The first-order chi connectivity index (χ1) is 6.57. The first kappa shape index (κ1) is 14.8. The van der Waals surface area contributed by atoms with Gasteiger partial charge in [0.2, 0.25) is 0 Å². The van der Waals surface area contributed by atoms with Crippen molar-refractivity contribution >= 4 is 28.3 Å². The van der Waals surface area contributed by atoms with Crippen LogP contribution in [0.15, 0.2) is 22.7 Å². The Morgan fingerprint density at radius 2 is 2.07 bits per heavy atom. The summed E-state index contributed by atoms with van der Waals surface area (Å²) in [4.78, 5) is 0. The Balaban J connectivity index is 0.00000196. The van der Waals surface area contributed by atoms with Crippen LogP contribution < -0.4 is 5.73 Å². The summed E-state index contributed by atoms with van der Waals surface area (Å²) in [5.41, 5.74) is 6.85. The van der Waals surface area contributed by atoms with E-state index < -0.39 is 0 Å². The fourth-order valence-corrected chi connectivity index (χ4v) is 1.74. The Kier molecular flexibility index (Phi) is 6.25. The number of benzene rings is 1. The van der Waals surface area contributed by atoms with Crippen molar-refractivity contribution in [3.05, 3.63) is 28.2 Å². The molecule has 0 amide bonds. The molecule has 2 atom stereocenters. The summed E-state index contributed by atoms with van der Waals surface area (Å²) in [5, 5.41) is 9.79. The van der Waals surface area contributed by atoms with Gasteiger partial charge in [0.1, 0.15) is 5.75 Å². The van der Waals surface area contributed by atoms with Gasteiger partial charge in [-0.15, -0.1) is 12.4 Å². The van der Waals surface area contributed by atoms with E-state index in [4.69, 9.17) is 5.73 Å². The largest absolute Gasteiger partial charge is 0.506 e. The third-order valence-corrected chi connectivity index (χ3v) is 3.27. The highest BCUT2D eigenvalue weighted by molar-refractivity contribution is 9.10. The van der Waals surface area contributed by atoms with Crippen molar-refractivity contribution in [2.75, 3.05) is 0 Å². The van der Waals surface area contributed by atoms with E-state index in [1.165, 1.54) is 0 Å². The molecule has 0 radical (unpaired) electrons. The molecule has 0 saturated heterocycles. The zero-order chi connectivity index (χ0) is 10.7. The lowest BCUT2D eigenvalue weighted by atomic mass is 9.93. The van der Waals surface area contributed by atoms with E-state index in [0.29, 0.717) is 10.4 Å². The second-order valence-corrected chi connectivity index (χ2v) is 4.44. The Morgan fingerprint density at radius 1 is 1.47 bits per heavy atom. The van der Waals surface area contributed by atoms with Crippen molar-refractivity contribution in [2.24, 2.45) is 11.7 Å². The quantitative estimate of drug-likeness (QED) is 0.894. The lowest BCUT2D eigenvalue weighted by molar-refractivity contribution is 0.417. The molecule has 1 aromatic carbocycles. The normalized spacial score (nSPS) is 14.1. The minimum Gasteiger partial charge on any atom is -0.506 e. The van der Waals surface area contributed by atoms with Crippen molar-refractivity contribution in [3.63, 3.8) is 0 Å². The Bertz CT molecular complexity index is 319. The van der Waals surface area contributed by atoms with Crippen molar-refractivity contribution < 1.29 is 5.11 Å². The van der Waals surface area contributed by atoms with Crippen LogP contribution in [-0.4, -0.2) is 5.11 Å². The third-order valence-electron chi connectivity index (χ3n) is 2.63. The van der Waals surface area contributed by atoms with Gasteiger partial charge in [-0.25, -0.2) is 0 Å². The topological polar surface area (TPSA) is 46.2 Å². The Hall–Kier alpha value is -0.250. The van der Waals surface area contributed by atoms with Crippen LogP contribution in [0.4, 0.5) is 0 Å². The van der Waals surface area contributed by atoms with E-state index in [0.717, 1.165) is 12.0 Å². The van der Waals surface area contributed by atoms with Crippen molar-refractivity contribution in [1.29, 1.82) is 0 Å². The molecule has 0 aliphatic carbocycles. The van der Waals surface area contributed by atoms with Gasteiger partial charge in [-0.1, -0.05) is 32.4 Å². The number of phenolic OH excluding ortho intramolecular Hbond substituents is 1. The molecule has 3 N–H and O–H groups in total. The zero-order valence-corrected chi connectivity index (χ0v) is 11.3. The summed E-state index contributed by atoms with van der Waals surface area (Å²) in [6, 6.07) is 5.47. The summed E-state index contributed by atoms with van der Waals surface area (Å²) in [6.45, 7) is 4.19. The zero-order valence-electron chi connectivity index (χ0n) is 8.90. The third kappa shape index (κ3) is 3.37. The van der Waals surface area contributed by atoms with Gasteiger partial charge in [-0.05, 0) is 27.9 Å². The molecule has 4 heteroatoms. The Labute approximate surface area is 105 Å². The summed E-state index contributed by atoms with van der Waals surface area (Å²) < 4.78 is 0.703. The first-order valence-corrected chi connectivity index (χ1v) is 5.60. The lowest BCUT2D eigenvalue weighted by Crippen LogP contribution is -2.18. The van der Waals surface area contributed by atoms with Crippen molar-refractivity contribution in [2.45, 2.75) is 26.3 Å². The molecule has 0 bridgehead atoms. The lowest BCUT2D eigenvalue weighted by Gasteiger charge is -2.20. The predicted octanol–water partition coefficient (Wildman–Crippen LogP) is 3.62. The smallest absolute Gasteiger partial charge is 0.134 e. The number of para-hydroxylation sites is 1. The monoisotopic (exact) mass is 293 g/mol. The van der Waals surface area contributed by atoms with E-state index >= 15 is 0 Å². The average molecular weight is 295 g/mol. The number of hydrogen-bond donors (Lipinski definition) is 2. The molecule has 0 heterocycles. The number of aromatic hydroxyl groups is 1. The Morgan fingerprint density at radius 3 is 2.60 bits per heavy atom. The second-order valence-electron chi connectivity index (χ2n) is 3.59. The molecule has 0 aliphatic heterocycles. The van der Waals surface area contributed by atoms with E-state index in [-0.39, 0.29) is 24.2 Å². The summed E-state index contributed by atoms with van der Waals surface area (Å²) in [5.74, 6) is 0.635. The summed E-state index contributed by atoms with van der Waals surface area (Å²) >= 11 is 3.28. The van der Waals surface area contributed by atoms with Gasteiger partial charge >= 0.3 is 0 Å². The van der Waals surface area contributed by atoms with Crippen molar-refractivity contribution in [3.8, 4) is 5.75 Å². The van der Waals surface area contributed by atoms with Crippen LogP contribution in [-0.2, 0) is 0 Å². The molecule has 1 aromatic rings. The number of rotatable bonds is 3. The van der Waals surface area contributed by atoms with E-state index in [2.05, 4.69) is 29.8 Å². The standard InChI is InChI=1S/C11H16BrNO.ClH/c1-3-7(2)10(13)8-5-4-6-9(12)11(8)14;/h4-7,10,14H,3,13H2,1-2H3;1H/t7?,10-;/m0./s1. The molecular formula is C11H17BrClNO. The highest BCUT2D eigenvalue weighted by Gasteiger charge is 2.17. The van der Waals surface area contributed by atoms with Gasteiger partial charge in [-0.3, -0.25) is 0 Å². The molecule has 15 heavy (non-hydrogen) atoms. The summed E-state index contributed by atoms with van der Waals surface area (Å²) in [7, 11) is 0. The molecular weight excluding hydrogens is 277 g/mol.